The molecular weight excluding hydrogens is 500 g/mol. The zero-order valence-electron chi connectivity index (χ0n) is 21.4. The summed E-state index contributed by atoms with van der Waals surface area (Å²) in [6.07, 6.45) is 3.03. The van der Waals surface area contributed by atoms with E-state index < -0.39 is 23.5 Å². The summed E-state index contributed by atoms with van der Waals surface area (Å²) in [4.78, 5) is 33.2. The van der Waals surface area contributed by atoms with Gasteiger partial charge in [0.05, 0.1) is 36.1 Å². The Labute approximate surface area is 224 Å². The number of aryl methyl sites for hydroxylation is 2. The lowest BCUT2D eigenvalue weighted by Crippen LogP contribution is -2.30. The maximum atomic E-state index is 13.5. The largest absolute Gasteiger partial charge is 0.503 e. The fourth-order valence-corrected chi connectivity index (χ4v) is 5.85. The van der Waals surface area contributed by atoms with E-state index >= 15 is 0 Å². The molecule has 5 rings (SSSR count). The van der Waals surface area contributed by atoms with Gasteiger partial charge in [0.25, 0.3) is 5.91 Å². The summed E-state index contributed by atoms with van der Waals surface area (Å²) in [5.74, 6) is -0.820. The Morgan fingerprint density at radius 2 is 1.76 bits per heavy atom. The normalized spacial score (nSPS) is 15.6. The third-order valence-electron chi connectivity index (χ3n) is 6.45. The first-order valence-electron chi connectivity index (χ1n) is 12.0. The molecule has 1 amide bonds. The number of aromatic nitrogens is 1. The SMILES string of the molecule is COc1ccc(C2C(C(=O)C=Cc3ccccc3)=C(O)C(=O)N2c2nc3c(C)cc(C)cc3s2)cc1OC. The lowest BCUT2D eigenvalue weighted by molar-refractivity contribution is -0.117. The summed E-state index contributed by atoms with van der Waals surface area (Å²) >= 11 is 1.34. The summed E-state index contributed by atoms with van der Waals surface area (Å²) in [6, 6.07) is 17.6. The number of thiazole rings is 1. The molecule has 1 aromatic heterocycles. The molecule has 0 aliphatic carbocycles. The first kappa shape index (κ1) is 25.2. The average molecular weight is 527 g/mol. The van der Waals surface area contributed by atoms with Gasteiger partial charge in [-0.15, -0.1) is 0 Å². The Balaban J connectivity index is 1.65. The molecule has 2 heterocycles. The van der Waals surface area contributed by atoms with Crippen LogP contribution in [0, 0.1) is 13.8 Å². The summed E-state index contributed by atoms with van der Waals surface area (Å²) in [6.45, 7) is 3.97. The molecule has 1 aliphatic rings. The van der Waals surface area contributed by atoms with Crippen molar-refractivity contribution in [3.63, 3.8) is 0 Å². The number of allylic oxidation sites excluding steroid dienone is 1. The predicted octanol–water partition coefficient (Wildman–Crippen LogP) is 6.11. The smallest absolute Gasteiger partial charge is 0.296 e. The van der Waals surface area contributed by atoms with Gasteiger partial charge in [-0.3, -0.25) is 14.5 Å². The van der Waals surface area contributed by atoms with Crippen molar-refractivity contribution in [2.24, 2.45) is 0 Å². The Kier molecular flexibility index (Phi) is 6.73. The number of methoxy groups -OCH3 is 2. The molecule has 1 N–H and O–H groups in total. The van der Waals surface area contributed by atoms with Crippen LogP contribution in [0.4, 0.5) is 5.13 Å². The van der Waals surface area contributed by atoms with E-state index in [1.807, 2.05) is 56.3 Å². The Morgan fingerprint density at radius 3 is 2.47 bits per heavy atom. The van der Waals surface area contributed by atoms with Crippen molar-refractivity contribution in [3.05, 3.63) is 100 Å². The van der Waals surface area contributed by atoms with Crippen LogP contribution in [0.1, 0.15) is 28.3 Å². The first-order valence-corrected chi connectivity index (χ1v) is 12.8. The van der Waals surface area contributed by atoms with E-state index in [-0.39, 0.29) is 5.57 Å². The van der Waals surface area contributed by atoms with Gasteiger partial charge in [-0.05, 0) is 60.4 Å². The zero-order chi connectivity index (χ0) is 27.0. The molecule has 38 heavy (non-hydrogen) atoms. The number of carbonyl (C=O) groups excluding carboxylic acids is 2. The Bertz CT molecular complexity index is 1620. The van der Waals surface area contributed by atoms with Crippen molar-refractivity contribution < 1.29 is 24.2 Å². The minimum Gasteiger partial charge on any atom is -0.503 e. The number of rotatable bonds is 7. The van der Waals surface area contributed by atoms with Crippen molar-refractivity contribution in [3.8, 4) is 11.5 Å². The molecule has 0 saturated heterocycles. The number of ketones is 1. The van der Waals surface area contributed by atoms with Gasteiger partial charge in [0.15, 0.2) is 28.2 Å². The van der Waals surface area contributed by atoms with Crippen LogP contribution in [-0.2, 0) is 9.59 Å². The molecule has 3 aromatic carbocycles. The lowest BCUT2D eigenvalue weighted by atomic mass is 9.95. The van der Waals surface area contributed by atoms with Crippen LogP contribution in [0.25, 0.3) is 16.3 Å². The quantitative estimate of drug-likeness (QED) is 0.292. The van der Waals surface area contributed by atoms with Crippen LogP contribution in [0.3, 0.4) is 0 Å². The van der Waals surface area contributed by atoms with Gasteiger partial charge >= 0.3 is 0 Å². The highest BCUT2D eigenvalue weighted by Crippen LogP contribution is 2.45. The second-order valence-electron chi connectivity index (χ2n) is 8.99. The van der Waals surface area contributed by atoms with Crippen molar-refractivity contribution in [1.29, 1.82) is 0 Å². The number of carbonyl (C=O) groups is 2. The molecule has 0 radical (unpaired) electrons. The van der Waals surface area contributed by atoms with Gasteiger partial charge in [-0.1, -0.05) is 59.9 Å². The number of anilines is 1. The summed E-state index contributed by atoms with van der Waals surface area (Å²) in [5.41, 5.74) is 4.21. The highest BCUT2D eigenvalue weighted by molar-refractivity contribution is 7.22. The maximum absolute atomic E-state index is 13.5. The van der Waals surface area contributed by atoms with Gasteiger partial charge < -0.3 is 14.6 Å². The van der Waals surface area contributed by atoms with Gasteiger partial charge in [-0.2, -0.15) is 0 Å². The van der Waals surface area contributed by atoms with Gasteiger partial charge in [-0.25, -0.2) is 4.98 Å². The molecule has 8 heteroatoms. The molecular formula is C30H26N2O5S. The van der Waals surface area contributed by atoms with Crippen LogP contribution < -0.4 is 14.4 Å². The topological polar surface area (TPSA) is 89.0 Å². The van der Waals surface area contributed by atoms with Crippen molar-refractivity contribution in [2.75, 3.05) is 19.1 Å². The first-order chi connectivity index (χ1) is 18.3. The number of ether oxygens (including phenoxy) is 2. The molecule has 0 spiro atoms. The molecule has 1 atom stereocenters. The van der Waals surface area contributed by atoms with E-state index in [4.69, 9.17) is 14.5 Å². The third kappa shape index (κ3) is 4.43. The highest BCUT2D eigenvalue weighted by Gasteiger charge is 2.45. The molecule has 1 aliphatic heterocycles. The molecule has 4 aromatic rings. The predicted molar refractivity (Wildman–Crippen MR) is 149 cm³/mol. The summed E-state index contributed by atoms with van der Waals surface area (Å²) in [7, 11) is 3.04. The maximum Gasteiger partial charge on any atom is 0.296 e. The summed E-state index contributed by atoms with van der Waals surface area (Å²) < 4.78 is 11.8. The number of aliphatic hydroxyl groups excluding tert-OH is 1. The molecule has 0 saturated carbocycles. The monoisotopic (exact) mass is 526 g/mol. The number of benzene rings is 3. The number of nitrogens with zero attached hydrogens (tertiary/aromatic N) is 2. The lowest BCUT2D eigenvalue weighted by Gasteiger charge is -2.25. The van der Waals surface area contributed by atoms with Crippen LogP contribution >= 0.6 is 11.3 Å². The van der Waals surface area contributed by atoms with Crippen molar-refractivity contribution in [1.82, 2.24) is 4.98 Å². The van der Waals surface area contributed by atoms with Gasteiger partial charge in [0, 0.05) is 0 Å². The van der Waals surface area contributed by atoms with Crippen molar-refractivity contribution >= 4 is 44.5 Å². The van der Waals surface area contributed by atoms with E-state index in [1.165, 1.54) is 36.5 Å². The Morgan fingerprint density at radius 1 is 1.03 bits per heavy atom. The van der Waals surface area contributed by atoms with Crippen LogP contribution in [0.15, 0.2) is 78.1 Å². The Hall–Kier alpha value is -4.43. The van der Waals surface area contributed by atoms with Crippen LogP contribution in [-0.4, -0.2) is 36.0 Å². The van der Waals surface area contributed by atoms with E-state index in [0.717, 1.165) is 26.9 Å². The minimum atomic E-state index is -0.919. The number of fused-ring (bicyclic) bond motifs is 1. The highest BCUT2D eigenvalue weighted by atomic mass is 32.1. The van der Waals surface area contributed by atoms with Gasteiger partial charge in [0.2, 0.25) is 0 Å². The second-order valence-corrected chi connectivity index (χ2v) is 10.00. The third-order valence-corrected chi connectivity index (χ3v) is 7.45. The zero-order valence-corrected chi connectivity index (χ0v) is 22.2. The van der Waals surface area contributed by atoms with E-state index in [9.17, 15) is 14.7 Å². The number of amides is 1. The number of aliphatic hydroxyl groups is 1. The molecule has 1 unspecified atom stereocenters. The second kappa shape index (κ2) is 10.1. The minimum absolute atomic E-state index is 0.0263. The number of hydrogen-bond acceptors (Lipinski definition) is 7. The van der Waals surface area contributed by atoms with Crippen LogP contribution in [0.5, 0.6) is 11.5 Å². The molecule has 0 bridgehead atoms. The van der Waals surface area contributed by atoms with E-state index in [0.29, 0.717) is 22.2 Å². The van der Waals surface area contributed by atoms with E-state index in [2.05, 4.69) is 0 Å². The molecule has 0 fully saturated rings. The van der Waals surface area contributed by atoms with Crippen LogP contribution in [0.2, 0.25) is 0 Å². The van der Waals surface area contributed by atoms with E-state index in [1.54, 1.807) is 24.3 Å². The number of hydrogen-bond donors (Lipinski definition) is 1. The fourth-order valence-electron chi connectivity index (χ4n) is 4.68. The molecule has 7 nitrogen and oxygen atoms in total. The van der Waals surface area contributed by atoms with Crippen molar-refractivity contribution in [2.45, 2.75) is 19.9 Å². The summed E-state index contributed by atoms with van der Waals surface area (Å²) in [5, 5.41) is 11.4. The average Bonchev–Trinajstić information content (AvgIpc) is 3.46. The fraction of sp³-hybridized carbons (Fsp3) is 0.167. The molecule has 192 valence electrons. The standard InChI is InChI=1S/C30H26N2O5S/c1-17-14-18(2)26-24(15-17)38-30(31-26)32-27(20-11-13-22(36-3)23(16-20)37-4)25(28(34)29(32)35)21(33)12-10-19-8-6-5-7-9-19/h5-16,27,34H,1-4H3. The van der Waals surface area contributed by atoms with Gasteiger partial charge in [0.1, 0.15) is 0 Å².